The number of nitrogens with zero attached hydrogens (tertiary/aromatic N) is 6. The Balaban J connectivity index is 1.26. The van der Waals surface area contributed by atoms with Crippen LogP contribution in [0.1, 0.15) is 32.1 Å². The van der Waals surface area contributed by atoms with E-state index in [1.54, 1.807) is 50.5 Å². The normalized spacial score (nSPS) is 12.0. The van der Waals surface area contributed by atoms with E-state index in [0.717, 1.165) is 0 Å². The highest BCUT2D eigenvalue weighted by Gasteiger charge is 2.16. The molecule has 0 aliphatic carbocycles. The molecule has 0 saturated carbocycles. The zero-order valence-corrected chi connectivity index (χ0v) is 21.7. The Hall–Kier alpha value is -3.76. The first kappa shape index (κ1) is 26.3. The number of aryl methyl sites for hydroxylation is 2. The van der Waals surface area contributed by atoms with E-state index in [2.05, 4.69) is 20.5 Å². The molecule has 0 atom stereocenters. The summed E-state index contributed by atoms with van der Waals surface area (Å²) in [6, 6.07) is 10.2. The second-order valence-electron chi connectivity index (χ2n) is 8.53. The number of amides is 2. The molecule has 192 valence electrons. The molecule has 0 aliphatic rings. The van der Waals surface area contributed by atoms with E-state index < -0.39 is 11.8 Å². The Morgan fingerprint density at radius 1 is 0.730 bits per heavy atom. The van der Waals surface area contributed by atoms with E-state index >= 15 is 0 Å². The first-order valence-corrected chi connectivity index (χ1v) is 12.3. The zero-order chi connectivity index (χ0) is 26.7. The predicted molar refractivity (Wildman–Crippen MR) is 141 cm³/mol. The summed E-state index contributed by atoms with van der Waals surface area (Å²) in [6.45, 7) is 0. The number of benzene rings is 2. The van der Waals surface area contributed by atoms with Crippen molar-refractivity contribution in [3.05, 3.63) is 46.4 Å². The molecule has 2 N–H and O–H groups in total. The molecule has 2 aromatic heterocycles. The number of fused-ring (bicyclic) bond motifs is 2. The molecular weight excluding hydrogens is 519 g/mol. The summed E-state index contributed by atoms with van der Waals surface area (Å²) in [7, 11) is 3.35. The van der Waals surface area contributed by atoms with Crippen LogP contribution in [0.5, 0.6) is 11.8 Å². The van der Waals surface area contributed by atoms with Gasteiger partial charge in [-0.2, -0.15) is 0 Å². The molecule has 10 nitrogen and oxygen atoms in total. The molecule has 2 amide bonds. The minimum atomic E-state index is -0.436. The monoisotopic (exact) mass is 542 g/mol. The zero-order valence-electron chi connectivity index (χ0n) is 20.1. The minimum absolute atomic E-state index is 0.110. The van der Waals surface area contributed by atoms with Crippen LogP contribution in [0, 0.1) is 0 Å². The highest BCUT2D eigenvalue weighted by molar-refractivity contribution is 6.32. The van der Waals surface area contributed by atoms with Gasteiger partial charge in [-0.15, -0.1) is 20.5 Å². The van der Waals surface area contributed by atoms with E-state index in [9.17, 15) is 19.8 Å². The van der Waals surface area contributed by atoms with Crippen molar-refractivity contribution in [1.29, 1.82) is 0 Å². The topological polar surface area (TPSA) is 134 Å². The average Bonchev–Trinajstić information content (AvgIpc) is 3.24. The lowest BCUT2D eigenvalue weighted by Crippen LogP contribution is -1.94. The summed E-state index contributed by atoms with van der Waals surface area (Å²) < 4.78 is 3.07. The van der Waals surface area contributed by atoms with Gasteiger partial charge >= 0.3 is 0 Å². The molecule has 0 aliphatic heterocycles. The first-order valence-electron chi connectivity index (χ1n) is 11.5. The second kappa shape index (κ2) is 11.1. The Labute approximate surface area is 221 Å². The lowest BCUT2D eigenvalue weighted by Gasteiger charge is -1.97. The largest absolute Gasteiger partial charge is 0.493 e. The van der Waals surface area contributed by atoms with E-state index in [4.69, 9.17) is 23.2 Å². The molecule has 2 heterocycles. The van der Waals surface area contributed by atoms with Crippen LogP contribution in [0.25, 0.3) is 21.8 Å². The highest BCUT2D eigenvalue weighted by Crippen LogP contribution is 2.40. The lowest BCUT2D eigenvalue weighted by molar-refractivity contribution is -0.118. The van der Waals surface area contributed by atoms with Gasteiger partial charge in [0, 0.05) is 47.8 Å². The third-order valence-corrected chi connectivity index (χ3v) is 6.48. The van der Waals surface area contributed by atoms with Gasteiger partial charge in [-0.25, -0.2) is 0 Å². The lowest BCUT2D eigenvalue weighted by atomic mass is 10.1. The molecule has 0 bridgehead atoms. The summed E-state index contributed by atoms with van der Waals surface area (Å²) >= 11 is 12.1. The van der Waals surface area contributed by atoms with E-state index in [0.29, 0.717) is 51.1 Å². The molecule has 0 radical (unpaired) electrons. The van der Waals surface area contributed by atoms with E-state index in [-0.39, 0.29) is 36.0 Å². The Kier molecular flexibility index (Phi) is 7.89. The molecule has 12 heteroatoms. The van der Waals surface area contributed by atoms with Gasteiger partial charge in [0.1, 0.15) is 0 Å². The number of halogens is 2. The maximum atomic E-state index is 12.1. The number of azo groups is 2. The van der Waals surface area contributed by atoms with Crippen LogP contribution in [-0.4, -0.2) is 31.2 Å². The van der Waals surface area contributed by atoms with Crippen molar-refractivity contribution in [3.8, 4) is 11.8 Å². The van der Waals surface area contributed by atoms with Crippen molar-refractivity contribution in [1.82, 2.24) is 9.13 Å². The smallest absolute Gasteiger partial charge is 0.264 e. The third kappa shape index (κ3) is 5.65. The number of aromatic hydroxyl groups is 2. The van der Waals surface area contributed by atoms with Crippen molar-refractivity contribution in [3.63, 3.8) is 0 Å². The van der Waals surface area contributed by atoms with Crippen molar-refractivity contribution >= 4 is 68.2 Å². The van der Waals surface area contributed by atoms with Crippen molar-refractivity contribution in [2.45, 2.75) is 32.1 Å². The molecular formula is C25H24Cl2N6O4. The first-order chi connectivity index (χ1) is 17.7. The van der Waals surface area contributed by atoms with Crippen LogP contribution in [0.3, 0.4) is 0 Å². The van der Waals surface area contributed by atoms with Crippen molar-refractivity contribution in [2.75, 3.05) is 0 Å². The number of hydrogen-bond donors (Lipinski definition) is 2. The molecule has 4 aromatic rings. The molecule has 4 rings (SSSR count). The quantitative estimate of drug-likeness (QED) is 0.179. The van der Waals surface area contributed by atoms with E-state index in [1.807, 2.05) is 0 Å². The average molecular weight is 543 g/mol. The fraction of sp³-hybridized carbons (Fsp3) is 0.280. The van der Waals surface area contributed by atoms with Gasteiger partial charge in [-0.1, -0.05) is 29.6 Å². The predicted octanol–water partition coefficient (Wildman–Crippen LogP) is 7.26. The highest BCUT2D eigenvalue weighted by atomic mass is 35.5. The molecule has 0 fully saturated rings. The number of aromatic nitrogens is 2. The molecule has 0 spiro atoms. The number of unbranched alkanes of at least 4 members (excludes halogenated alkanes) is 2. The third-order valence-electron chi connectivity index (χ3n) is 6.01. The maximum absolute atomic E-state index is 12.1. The van der Waals surface area contributed by atoms with E-state index in [1.165, 1.54) is 9.13 Å². The van der Waals surface area contributed by atoms with Gasteiger partial charge in [0.15, 0.2) is 11.4 Å². The van der Waals surface area contributed by atoms with Gasteiger partial charge in [0.25, 0.3) is 11.8 Å². The van der Waals surface area contributed by atoms with Gasteiger partial charge < -0.3 is 19.3 Å². The number of hydrogen-bond acceptors (Lipinski definition) is 6. The standard InChI is InChI=1S/C25H24Cl2N6O4/c1-32-18-10-8-14(26)12-16(18)22(24(32)36)30-28-20(34)6-4-3-5-7-21(35)29-31-23-17-13-15(27)9-11-19(17)33(2)25(23)37/h8-13,36-37H,3-7H2,1-2H3. The Morgan fingerprint density at radius 2 is 1.14 bits per heavy atom. The molecule has 0 unspecified atom stereocenters. The van der Waals surface area contributed by atoms with Crippen LogP contribution < -0.4 is 0 Å². The van der Waals surface area contributed by atoms with Gasteiger partial charge in [0.2, 0.25) is 11.8 Å². The Bertz CT molecular complexity index is 1450. The summed E-state index contributed by atoms with van der Waals surface area (Å²) in [4.78, 5) is 24.3. The summed E-state index contributed by atoms with van der Waals surface area (Å²) in [6.07, 6.45) is 1.93. The molecule has 37 heavy (non-hydrogen) atoms. The number of carbonyl (C=O) groups is 2. The summed E-state index contributed by atoms with van der Waals surface area (Å²) in [5.41, 5.74) is 1.79. The van der Waals surface area contributed by atoms with Crippen LogP contribution in [0.4, 0.5) is 11.4 Å². The van der Waals surface area contributed by atoms with Crippen molar-refractivity contribution in [2.24, 2.45) is 34.6 Å². The van der Waals surface area contributed by atoms with Crippen LogP contribution in [0.2, 0.25) is 10.0 Å². The van der Waals surface area contributed by atoms with Crippen LogP contribution in [0.15, 0.2) is 56.9 Å². The van der Waals surface area contributed by atoms with Gasteiger partial charge in [-0.3, -0.25) is 9.59 Å². The summed E-state index contributed by atoms with van der Waals surface area (Å²) in [5.74, 6) is -1.09. The minimum Gasteiger partial charge on any atom is -0.493 e. The Morgan fingerprint density at radius 3 is 1.54 bits per heavy atom. The number of carbonyl (C=O) groups excluding carboxylic acids is 2. The molecule has 0 saturated heterocycles. The van der Waals surface area contributed by atoms with Gasteiger partial charge in [-0.05, 0) is 49.2 Å². The summed E-state index contributed by atoms with van der Waals surface area (Å²) in [5, 5.41) is 38.1. The maximum Gasteiger partial charge on any atom is 0.264 e. The fourth-order valence-electron chi connectivity index (χ4n) is 4.01. The van der Waals surface area contributed by atoms with Crippen molar-refractivity contribution < 1.29 is 19.8 Å². The van der Waals surface area contributed by atoms with Crippen LogP contribution in [-0.2, 0) is 23.7 Å². The fourth-order valence-corrected chi connectivity index (χ4v) is 4.35. The SMILES string of the molecule is Cn1c(O)c(N=NC(=O)CCCCCC(=O)N=Nc2c(O)n(C)c3ccc(Cl)cc23)c2cc(Cl)ccc21. The number of rotatable bonds is 8. The van der Waals surface area contributed by atoms with Gasteiger partial charge in [0.05, 0.1) is 11.0 Å². The second-order valence-corrected chi connectivity index (χ2v) is 9.41. The molecule has 2 aromatic carbocycles. The van der Waals surface area contributed by atoms with Crippen LogP contribution >= 0.6 is 23.2 Å².